The van der Waals surface area contributed by atoms with Crippen LogP contribution in [-0.4, -0.2) is 10.9 Å². The van der Waals surface area contributed by atoms with E-state index in [0.29, 0.717) is 10.3 Å². The Morgan fingerprint density at radius 2 is 1.96 bits per heavy atom. The van der Waals surface area contributed by atoms with Gasteiger partial charge >= 0.3 is 0 Å². The van der Waals surface area contributed by atoms with Gasteiger partial charge in [0.1, 0.15) is 16.2 Å². The SMILES string of the molecule is N#CC(=Cc1cccc(Br)n1)C(=O)NC1(c2ccccc2)CCC1. The zero-order valence-corrected chi connectivity index (χ0v) is 14.6. The van der Waals surface area contributed by atoms with Crippen molar-refractivity contribution in [1.82, 2.24) is 10.3 Å². The highest BCUT2D eigenvalue weighted by Crippen LogP contribution is 2.41. The number of hydrogen-bond acceptors (Lipinski definition) is 3. The molecule has 1 heterocycles. The molecule has 0 unspecified atom stereocenters. The fourth-order valence-corrected chi connectivity index (χ4v) is 3.22. The second-order valence-electron chi connectivity index (χ2n) is 5.81. The lowest BCUT2D eigenvalue weighted by Crippen LogP contribution is -2.51. The van der Waals surface area contributed by atoms with Gasteiger partial charge in [0.25, 0.3) is 5.91 Å². The van der Waals surface area contributed by atoms with Gasteiger partial charge in [-0.2, -0.15) is 5.26 Å². The smallest absolute Gasteiger partial charge is 0.262 e. The molecule has 2 aromatic rings. The van der Waals surface area contributed by atoms with E-state index in [4.69, 9.17) is 0 Å². The van der Waals surface area contributed by atoms with Crippen molar-refractivity contribution in [2.75, 3.05) is 0 Å². The molecule has 4 nitrogen and oxygen atoms in total. The van der Waals surface area contributed by atoms with E-state index in [0.717, 1.165) is 24.8 Å². The third-order valence-corrected chi connectivity index (χ3v) is 4.72. The topological polar surface area (TPSA) is 65.8 Å². The van der Waals surface area contributed by atoms with E-state index in [2.05, 4.69) is 26.2 Å². The number of amides is 1. The lowest BCUT2D eigenvalue weighted by Gasteiger charge is -2.43. The molecule has 0 saturated heterocycles. The van der Waals surface area contributed by atoms with Crippen LogP contribution in [0.5, 0.6) is 0 Å². The maximum Gasteiger partial charge on any atom is 0.262 e. The highest BCUT2D eigenvalue weighted by atomic mass is 79.9. The minimum Gasteiger partial charge on any atom is -0.342 e. The number of carbonyl (C=O) groups is 1. The Balaban J connectivity index is 1.84. The molecule has 1 fully saturated rings. The highest BCUT2D eigenvalue weighted by Gasteiger charge is 2.40. The average molecular weight is 382 g/mol. The predicted octanol–water partition coefficient (Wildman–Crippen LogP) is 3.95. The van der Waals surface area contributed by atoms with E-state index in [9.17, 15) is 10.1 Å². The molecule has 1 aliphatic carbocycles. The number of benzene rings is 1. The molecular weight excluding hydrogens is 366 g/mol. The summed E-state index contributed by atoms with van der Waals surface area (Å²) in [6.07, 6.45) is 4.35. The zero-order chi connectivity index (χ0) is 17.0. The van der Waals surface area contributed by atoms with Crippen molar-refractivity contribution in [3.8, 4) is 6.07 Å². The lowest BCUT2D eigenvalue weighted by atomic mass is 9.71. The van der Waals surface area contributed by atoms with E-state index < -0.39 is 0 Å². The van der Waals surface area contributed by atoms with Crippen molar-refractivity contribution in [3.05, 3.63) is 70.0 Å². The lowest BCUT2D eigenvalue weighted by molar-refractivity contribution is -0.120. The molecule has 1 N–H and O–H groups in total. The van der Waals surface area contributed by atoms with Crippen LogP contribution in [0.4, 0.5) is 0 Å². The van der Waals surface area contributed by atoms with E-state index in [1.165, 1.54) is 6.08 Å². The van der Waals surface area contributed by atoms with Crippen LogP contribution < -0.4 is 5.32 Å². The molecule has 1 saturated carbocycles. The third-order valence-electron chi connectivity index (χ3n) is 4.28. The second-order valence-corrected chi connectivity index (χ2v) is 6.62. The Labute approximate surface area is 149 Å². The van der Waals surface area contributed by atoms with Crippen molar-refractivity contribution in [2.45, 2.75) is 24.8 Å². The van der Waals surface area contributed by atoms with Gasteiger partial charge in [-0.25, -0.2) is 4.98 Å². The Kier molecular flexibility index (Phi) is 4.77. The van der Waals surface area contributed by atoms with Gasteiger partial charge in [0.2, 0.25) is 0 Å². The Morgan fingerprint density at radius 1 is 1.21 bits per heavy atom. The maximum absolute atomic E-state index is 12.6. The first-order chi connectivity index (χ1) is 11.6. The van der Waals surface area contributed by atoms with Crippen LogP contribution in [0.1, 0.15) is 30.5 Å². The predicted molar refractivity (Wildman–Crippen MR) is 95.6 cm³/mol. The van der Waals surface area contributed by atoms with Gasteiger partial charge in [-0.05, 0) is 59.0 Å². The quantitative estimate of drug-likeness (QED) is 0.495. The number of nitrogens with one attached hydrogen (secondary N) is 1. The van der Waals surface area contributed by atoms with Crippen LogP contribution in [0.15, 0.2) is 58.7 Å². The van der Waals surface area contributed by atoms with Gasteiger partial charge in [-0.3, -0.25) is 4.79 Å². The van der Waals surface area contributed by atoms with Crippen molar-refractivity contribution >= 4 is 27.9 Å². The third kappa shape index (κ3) is 3.39. The Hall–Kier alpha value is -2.45. The summed E-state index contributed by atoms with van der Waals surface area (Å²) in [6, 6.07) is 17.3. The molecule has 0 radical (unpaired) electrons. The molecule has 24 heavy (non-hydrogen) atoms. The molecule has 1 amide bonds. The molecule has 1 aromatic carbocycles. The molecule has 3 rings (SSSR count). The molecule has 5 heteroatoms. The molecule has 0 aliphatic heterocycles. The van der Waals surface area contributed by atoms with Gasteiger partial charge < -0.3 is 5.32 Å². The Bertz CT molecular complexity index is 820. The first-order valence-electron chi connectivity index (χ1n) is 7.75. The summed E-state index contributed by atoms with van der Waals surface area (Å²) in [6.45, 7) is 0. The highest BCUT2D eigenvalue weighted by molar-refractivity contribution is 9.10. The van der Waals surface area contributed by atoms with Gasteiger partial charge in [-0.15, -0.1) is 0 Å². The summed E-state index contributed by atoms with van der Waals surface area (Å²) < 4.78 is 0.661. The summed E-state index contributed by atoms with van der Waals surface area (Å²) in [5.41, 5.74) is 1.35. The number of aromatic nitrogens is 1. The normalized spacial score (nSPS) is 15.9. The van der Waals surface area contributed by atoms with Crippen LogP contribution in [0.2, 0.25) is 0 Å². The standard InChI is InChI=1S/C19H16BrN3O/c20-17-9-4-8-16(22-17)12-14(13-21)18(24)23-19(10-5-11-19)15-6-2-1-3-7-15/h1-4,6-9,12H,5,10-11H2,(H,23,24). The number of carbonyl (C=O) groups excluding carboxylic acids is 1. The fourth-order valence-electron chi connectivity index (χ4n) is 2.86. The van der Waals surface area contributed by atoms with Crippen molar-refractivity contribution in [1.29, 1.82) is 5.26 Å². The molecule has 1 aromatic heterocycles. The van der Waals surface area contributed by atoms with Crippen LogP contribution >= 0.6 is 15.9 Å². The first kappa shape index (κ1) is 16.4. The Morgan fingerprint density at radius 3 is 2.54 bits per heavy atom. The van der Waals surface area contributed by atoms with E-state index >= 15 is 0 Å². The average Bonchev–Trinajstić information content (AvgIpc) is 2.56. The van der Waals surface area contributed by atoms with Crippen LogP contribution in [0, 0.1) is 11.3 Å². The van der Waals surface area contributed by atoms with E-state index in [-0.39, 0.29) is 17.0 Å². The number of hydrogen-bond donors (Lipinski definition) is 1. The van der Waals surface area contributed by atoms with Gasteiger partial charge in [0, 0.05) is 0 Å². The molecule has 0 spiro atoms. The summed E-state index contributed by atoms with van der Waals surface area (Å²) in [5, 5.41) is 12.4. The monoisotopic (exact) mass is 381 g/mol. The summed E-state index contributed by atoms with van der Waals surface area (Å²) in [7, 11) is 0. The van der Waals surface area contributed by atoms with Gasteiger partial charge in [0.15, 0.2) is 0 Å². The van der Waals surface area contributed by atoms with Gasteiger partial charge in [0.05, 0.1) is 11.2 Å². The first-order valence-corrected chi connectivity index (χ1v) is 8.55. The summed E-state index contributed by atoms with van der Waals surface area (Å²) in [5.74, 6) is -0.358. The molecular formula is C19H16BrN3O. The number of rotatable bonds is 4. The molecule has 0 bridgehead atoms. The van der Waals surface area contributed by atoms with Crippen molar-refractivity contribution in [2.24, 2.45) is 0 Å². The zero-order valence-electron chi connectivity index (χ0n) is 13.0. The second kappa shape index (κ2) is 6.98. The minimum absolute atomic E-state index is 0.0582. The summed E-state index contributed by atoms with van der Waals surface area (Å²) >= 11 is 3.29. The van der Waals surface area contributed by atoms with Crippen LogP contribution in [0.25, 0.3) is 6.08 Å². The van der Waals surface area contributed by atoms with E-state index in [1.54, 1.807) is 12.1 Å². The van der Waals surface area contributed by atoms with Crippen LogP contribution in [0.3, 0.4) is 0 Å². The van der Waals surface area contributed by atoms with Crippen LogP contribution in [-0.2, 0) is 10.3 Å². The fraction of sp³-hybridized carbons (Fsp3) is 0.211. The summed E-state index contributed by atoms with van der Waals surface area (Å²) in [4.78, 5) is 16.8. The number of nitrogens with zero attached hydrogens (tertiary/aromatic N) is 2. The molecule has 0 atom stereocenters. The maximum atomic E-state index is 12.6. The van der Waals surface area contributed by atoms with E-state index in [1.807, 2.05) is 42.5 Å². The van der Waals surface area contributed by atoms with Crippen molar-refractivity contribution in [3.63, 3.8) is 0 Å². The molecule has 1 aliphatic rings. The number of halogens is 1. The number of nitriles is 1. The largest absolute Gasteiger partial charge is 0.342 e. The van der Waals surface area contributed by atoms with Gasteiger partial charge in [-0.1, -0.05) is 36.4 Å². The number of pyridine rings is 1. The molecule has 120 valence electrons. The minimum atomic E-state index is -0.362. The van der Waals surface area contributed by atoms with Crippen molar-refractivity contribution < 1.29 is 4.79 Å².